The minimum absolute atomic E-state index is 0.427. The van der Waals surface area contributed by atoms with Crippen LogP contribution in [-0.4, -0.2) is 14.8 Å². The summed E-state index contributed by atoms with van der Waals surface area (Å²) >= 11 is 1.60. The van der Waals surface area contributed by atoms with Crippen molar-refractivity contribution in [3.8, 4) is 5.13 Å². The maximum absolute atomic E-state index is 5.77. The number of nitrogen functional groups attached to an aromatic ring is 1. The Morgan fingerprint density at radius 3 is 2.83 bits per heavy atom. The number of thiazole rings is 1. The van der Waals surface area contributed by atoms with Crippen LogP contribution in [0.25, 0.3) is 15.3 Å². The largest absolute Gasteiger partial charge is 0.399 e. The molecule has 0 unspecified atom stereocenters. The van der Waals surface area contributed by atoms with Gasteiger partial charge in [-0.1, -0.05) is 25.2 Å². The molecule has 2 heterocycles. The van der Waals surface area contributed by atoms with E-state index in [0.29, 0.717) is 5.92 Å². The summed E-state index contributed by atoms with van der Waals surface area (Å²) in [5.41, 5.74) is 8.58. The van der Waals surface area contributed by atoms with Crippen molar-refractivity contribution in [3.05, 3.63) is 36.2 Å². The topological polar surface area (TPSA) is 56.7 Å². The fourth-order valence-electron chi connectivity index (χ4n) is 1.78. The van der Waals surface area contributed by atoms with E-state index in [4.69, 9.17) is 5.73 Å². The van der Waals surface area contributed by atoms with Crippen molar-refractivity contribution in [2.24, 2.45) is 0 Å². The van der Waals surface area contributed by atoms with E-state index < -0.39 is 0 Å². The van der Waals surface area contributed by atoms with Crippen molar-refractivity contribution < 1.29 is 0 Å². The van der Waals surface area contributed by atoms with Crippen LogP contribution < -0.4 is 5.73 Å². The highest BCUT2D eigenvalue weighted by Gasteiger charge is 2.09. The second-order valence-electron chi connectivity index (χ2n) is 4.56. The second-order valence-corrected chi connectivity index (χ2v) is 5.57. The van der Waals surface area contributed by atoms with Crippen LogP contribution in [0.4, 0.5) is 5.69 Å². The summed E-state index contributed by atoms with van der Waals surface area (Å²) in [4.78, 5) is 4.56. The first kappa shape index (κ1) is 11.2. The zero-order chi connectivity index (χ0) is 12.7. The molecular formula is C13H14N4S. The van der Waals surface area contributed by atoms with Crippen molar-refractivity contribution in [3.63, 3.8) is 0 Å². The zero-order valence-corrected chi connectivity index (χ0v) is 11.1. The lowest BCUT2D eigenvalue weighted by Gasteiger charge is -1.97. The van der Waals surface area contributed by atoms with E-state index in [1.54, 1.807) is 11.3 Å². The van der Waals surface area contributed by atoms with E-state index in [2.05, 4.69) is 23.9 Å². The molecule has 92 valence electrons. The molecule has 2 aromatic heterocycles. The molecular weight excluding hydrogens is 244 g/mol. The molecule has 0 amide bonds. The molecule has 0 radical (unpaired) electrons. The van der Waals surface area contributed by atoms with E-state index in [0.717, 1.165) is 26.7 Å². The number of rotatable bonds is 2. The van der Waals surface area contributed by atoms with Gasteiger partial charge in [-0.3, -0.25) is 0 Å². The van der Waals surface area contributed by atoms with Crippen molar-refractivity contribution >= 4 is 27.2 Å². The smallest absolute Gasteiger partial charge is 0.211 e. The Morgan fingerprint density at radius 1 is 1.28 bits per heavy atom. The molecule has 0 atom stereocenters. The molecule has 0 spiro atoms. The quantitative estimate of drug-likeness (QED) is 0.718. The summed E-state index contributed by atoms with van der Waals surface area (Å²) in [6.07, 6.45) is 1.95. The van der Waals surface area contributed by atoms with Gasteiger partial charge in [0.05, 0.1) is 15.9 Å². The molecule has 0 saturated heterocycles. The first-order valence-corrected chi connectivity index (χ1v) is 6.67. The highest BCUT2D eigenvalue weighted by molar-refractivity contribution is 7.20. The van der Waals surface area contributed by atoms with Crippen LogP contribution in [0, 0.1) is 0 Å². The molecule has 3 rings (SSSR count). The SMILES string of the molecule is CC(C)c1ccn(-c2nc3ccc(N)cc3s2)n1. The number of hydrogen-bond acceptors (Lipinski definition) is 4. The molecule has 0 aliphatic carbocycles. The van der Waals surface area contributed by atoms with Crippen LogP contribution in [0.5, 0.6) is 0 Å². The molecule has 0 aliphatic heterocycles. The minimum atomic E-state index is 0.427. The third kappa shape index (κ3) is 1.86. The predicted molar refractivity (Wildman–Crippen MR) is 75.2 cm³/mol. The molecule has 2 N–H and O–H groups in total. The summed E-state index contributed by atoms with van der Waals surface area (Å²) in [5, 5.41) is 5.41. The fourth-order valence-corrected chi connectivity index (χ4v) is 2.73. The van der Waals surface area contributed by atoms with Crippen molar-refractivity contribution in [2.45, 2.75) is 19.8 Å². The van der Waals surface area contributed by atoms with Crippen LogP contribution in [0.15, 0.2) is 30.5 Å². The van der Waals surface area contributed by atoms with Crippen LogP contribution in [-0.2, 0) is 0 Å². The van der Waals surface area contributed by atoms with Gasteiger partial charge in [-0.25, -0.2) is 9.67 Å². The Hall–Kier alpha value is -1.88. The summed E-state index contributed by atoms with van der Waals surface area (Å²) < 4.78 is 2.92. The van der Waals surface area contributed by atoms with E-state index in [1.165, 1.54) is 0 Å². The lowest BCUT2D eigenvalue weighted by atomic mass is 10.1. The summed E-state index contributed by atoms with van der Waals surface area (Å²) in [7, 11) is 0. The molecule has 1 aromatic carbocycles. The first-order chi connectivity index (χ1) is 8.63. The maximum atomic E-state index is 5.77. The Kier molecular flexibility index (Phi) is 2.56. The van der Waals surface area contributed by atoms with Gasteiger partial charge in [-0.15, -0.1) is 0 Å². The zero-order valence-electron chi connectivity index (χ0n) is 10.3. The predicted octanol–water partition coefficient (Wildman–Crippen LogP) is 3.19. The molecule has 0 fully saturated rings. The third-order valence-corrected chi connectivity index (χ3v) is 3.81. The number of nitrogens with two attached hydrogens (primary N) is 1. The van der Waals surface area contributed by atoms with E-state index in [1.807, 2.05) is 35.1 Å². The second kappa shape index (κ2) is 4.10. The molecule has 18 heavy (non-hydrogen) atoms. The van der Waals surface area contributed by atoms with E-state index >= 15 is 0 Å². The van der Waals surface area contributed by atoms with Crippen molar-refractivity contribution in [1.82, 2.24) is 14.8 Å². The van der Waals surface area contributed by atoms with Gasteiger partial charge in [-0.2, -0.15) is 5.10 Å². The normalized spacial score (nSPS) is 11.5. The lowest BCUT2D eigenvalue weighted by Crippen LogP contribution is -1.96. The number of aromatic nitrogens is 3. The van der Waals surface area contributed by atoms with Gasteiger partial charge in [0.2, 0.25) is 5.13 Å². The number of fused-ring (bicyclic) bond motifs is 1. The molecule has 0 bridgehead atoms. The minimum Gasteiger partial charge on any atom is -0.399 e. The number of nitrogens with zero attached hydrogens (tertiary/aromatic N) is 3. The van der Waals surface area contributed by atoms with E-state index in [9.17, 15) is 0 Å². The average Bonchev–Trinajstić information content (AvgIpc) is 2.93. The van der Waals surface area contributed by atoms with Crippen LogP contribution in [0.3, 0.4) is 0 Å². The van der Waals surface area contributed by atoms with E-state index in [-0.39, 0.29) is 0 Å². The summed E-state index contributed by atoms with van der Waals surface area (Å²) in [6, 6.07) is 7.79. The Labute approximate surface area is 109 Å². The van der Waals surface area contributed by atoms with Gasteiger partial charge >= 0.3 is 0 Å². The Bertz CT molecular complexity index is 696. The molecule has 0 saturated carbocycles. The average molecular weight is 258 g/mol. The summed E-state index contributed by atoms with van der Waals surface area (Å²) in [5.74, 6) is 0.427. The van der Waals surface area contributed by atoms with Crippen LogP contribution in [0.2, 0.25) is 0 Å². The molecule has 0 aliphatic rings. The molecule has 3 aromatic rings. The Morgan fingerprint density at radius 2 is 2.11 bits per heavy atom. The first-order valence-electron chi connectivity index (χ1n) is 5.85. The van der Waals surface area contributed by atoms with Gasteiger partial charge in [0.25, 0.3) is 0 Å². The highest BCUT2D eigenvalue weighted by atomic mass is 32.1. The molecule has 5 heteroatoms. The van der Waals surface area contributed by atoms with Gasteiger partial charge < -0.3 is 5.73 Å². The summed E-state index contributed by atoms with van der Waals surface area (Å²) in [6.45, 7) is 4.26. The van der Waals surface area contributed by atoms with Crippen LogP contribution in [0.1, 0.15) is 25.5 Å². The molecule has 4 nitrogen and oxygen atoms in total. The monoisotopic (exact) mass is 258 g/mol. The van der Waals surface area contributed by atoms with Crippen LogP contribution >= 0.6 is 11.3 Å². The number of anilines is 1. The highest BCUT2D eigenvalue weighted by Crippen LogP contribution is 2.26. The number of benzene rings is 1. The van der Waals surface area contributed by atoms with Crippen molar-refractivity contribution in [1.29, 1.82) is 0 Å². The third-order valence-electron chi connectivity index (χ3n) is 2.80. The fraction of sp³-hybridized carbons (Fsp3) is 0.231. The van der Waals surface area contributed by atoms with Crippen molar-refractivity contribution in [2.75, 3.05) is 5.73 Å². The maximum Gasteiger partial charge on any atom is 0.211 e. The van der Waals surface area contributed by atoms with Gasteiger partial charge in [-0.05, 0) is 30.2 Å². The van der Waals surface area contributed by atoms with Gasteiger partial charge in [0.15, 0.2) is 0 Å². The standard InChI is InChI=1S/C13H14N4S/c1-8(2)10-5-6-17(16-10)13-15-11-4-3-9(14)7-12(11)18-13/h3-8H,14H2,1-2H3. The van der Waals surface area contributed by atoms with Gasteiger partial charge in [0.1, 0.15) is 0 Å². The number of hydrogen-bond donors (Lipinski definition) is 1. The Balaban J connectivity index is 2.07. The lowest BCUT2D eigenvalue weighted by molar-refractivity contribution is 0.766. The van der Waals surface area contributed by atoms with Gasteiger partial charge in [0, 0.05) is 11.9 Å².